The number of carboxylic acid groups (broad SMARTS) is 1. The van der Waals surface area contributed by atoms with Crippen LogP contribution in [0.1, 0.15) is 5.56 Å². The van der Waals surface area contributed by atoms with Crippen LogP contribution in [0.5, 0.6) is 5.75 Å². The van der Waals surface area contributed by atoms with E-state index < -0.39 is 18.6 Å². The molecule has 2 amide bonds. The molecule has 0 aliphatic heterocycles. The first-order chi connectivity index (χ1) is 9.02. The molecule has 0 aliphatic carbocycles. The molecule has 19 heavy (non-hydrogen) atoms. The van der Waals surface area contributed by atoms with Gasteiger partial charge < -0.3 is 14.7 Å². The Morgan fingerprint density at radius 2 is 1.95 bits per heavy atom. The third kappa shape index (κ3) is 5.26. The fourth-order valence-corrected chi connectivity index (χ4v) is 1.31. The van der Waals surface area contributed by atoms with Crippen molar-refractivity contribution in [3.05, 3.63) is 29.8 Å². The summed E-state index contributed by atoms with van der Waals surface area (Å²) >= 11 is 0. The molecule has 0 fully saturated rings. The number of nitrogens with one attached hydrogen (secondary N) is 1. The third-order valence-electron chi connectivity index (χ3n) is 2.28. The topological polar surface area (TPSA) is 88.1 Å². The van der Waals surface area contributed by atoms with Gasteiger partial charge >= 0.3 is 12.0 Å². The van der Waals surface area contributed by atoms with Gasteiger partial charge in [-0.2, -0.15) is 0 Å². The Morgan fingerprint density at radius 3 is 2.47 bits per heavy atom. The van der Waals surface area contributed by atoms with Crippen LogP contribution in [0.3, 0.4) is 0 Å². The minimum atomic E-state index is -1.15. The molecule has 1 aromatic rings. The second-order valence-corrected chi connectivity index (χ2v) is 3.79. The monoisotopic (exact) mass is 268 g/mol. The number of hydrogen-bond donors (Lipinski definition) is 2. The van der Waals surface area contributed by atoms with Gasteiger partial charge in [-0.05, 0) is 17.7 Å². The summed E-state index contributed by atoms with van der Waals surface area (Å²) < 4.78 is 5.03. The number of urea groups is 1. The second-order valence-electron chi connectivity index (χ2n) is 3.79. The molecule has 0 bridgehead atoms. The molecule has 0 saturated heterocycles. The molecule has 0 unspecified atom stereocenters. The Balaban J connectivity index is 2.42. The van der Waals surface area contributed by atoms with Crippen molar-refractivity contribution in [3.63, 3.8) is 0 Å². The maximum atomic E-state index is 11.5. The van der Waals surface area contributed by atoms with E-state index in [1.54, 1.807) is 26.3 Å². The van der Waals surface area contributed by atoms with Crippen LogP contribution in [-0.2, 0) is 16.2 Å². The lowest BCUT2D eigenvalue weighted by atomic mass is 10.2. The zero-order valence-corrected chi connectivity index (χ0v) is 10.8. The summed E-state index contributed by atoms with van der Waals surface area (Å²) in [6.45, 7) is -0.214. The van der Waals surface area contributed by atoms with Gasteiger partial charge in [-0.25, -0.2) is 15.1 Å². The summed E-state index contributed by atoms with van der Waals surface area (Å²) in [6, 6.07) is 6.74. The SMILES string of the molecule is COc1ccc(CN(C)C(=O)NOCC(=O)O)cc1. The maximum absolute atomic E-state index is 11.5. The predicted octanol–water partition coefficient (Wildman–Crippen LogP) is 0.853. The summed E-state index contributed by atoms with van der Waals surface area (Å²) in [7, 11) is 3.15. The van der Waals surface area contributed by atoms with E-state index in [1.807, 2.05) is 17.6 Å². The molecule has 1 rings (SSSR count). The van der Waals surface area contributed by atoms with Crippen molar-refractivity contribution in [1.82, 2.24) is 10.4 Å². The number of aliphatic carboxylic acids is 1. The minimum absolute atomic E-state index is 0.367. The van der Waals surface area contributed by atoms with Crippen LogP contribution in [0.25, 0.3) is 0 Å². The van der Waals surface area contributed by atoms with Crippen LogP contribution in [-0.4, -0.2) is 42.8 Å². The van der Waals surface area contributed by atoms with Gasteiger partial charge in [0.25, 0.3) is 0 Å². The smallest absolute Gasteiger partial charge is 0.341 e. The molecule has 0 atom stereocenters. The number of hydroxylamine groups is 1. The molecule has 7 nitrogen and oxygen atoms in total. The number of hydrogen-bond acceptors (Lipinski definition) is 4. The molecule has 7 heteroatoms. The number of carboxylic acids is 1. The van der Waals surface area contributed by atoms with Crippen molar-refractivity contribution in [2.24, 2.45) is 0 Å². The van der Waals surface area contributed by atoms with E-state index in [-0.39, 0.29) is 0 Å². The largest absolute Gasteiger partial charge is 0.497 e. The molecule has 104 valence electrons. The molecule has 0 spiro atoms. The lowest BCUT2D eigenvalue weighted by molar-refractivity contribution is -0.144. The highest BCUT2D eigenvalue weighted by molar-refractivity contribution is 5.73. The average molecular weight is 268 g/mol. The zero-order chi connectivity index (χ0) is 14.3. The summed E-state index contributed by atoms with van der Waals surface area (Å²) in [5, 5.41) is 8.35. The first-order valence-electron chi connectivity index (χ1n) is 5.50. The van der Waals surface area contributed by atoms with Crippen LogP contribution in [0, 0.1) is 0 Å². The number of ether oxygens (including phenoxy) is 1. The molecule has 0 aromatic heterocycles. The molecule has 0 radical (unpaired) electrons. The molecule has 2 N–H and O–H groups in total. The lowest BCUT2D eigenvalue weighted by Gasteiger charge is -2.17. The number of rotatable bonds is 6. The van der Waals surface area contributed by atoms with Crippen molar-refractivity contribution in [3.8, 4) is 5.75 Å². The van der Waals surface area contributed by atoms with Gasteiger partial charge in [-0.1, -0.05) is 12.1 Å². The van der Waals surface area contributed by atoms with Crippen LogP contribution >= 0.6 is 0 Å². The first-order valence-corrected chi connectivity index (χ1v) is 5.50. The van der Waals surface area contributed by atoms with Crippen molar-refractivity contribution >= 4 is 12.0 Å². The predicted molar refractivity (Wildman–Crippen MR) is 66.6 cm³/mol. The maximum Gasteiger partial charge on any atom is 0.341 e. The number of amides is 2. The van der Waals surface area contributed by atoms with Gasteiger partial charge in [0.2, 0.25) is 0 Å². The van der Waals surface area contributed by atoms with Crippen LogP contribution in [0.15, 0.2) is 24.3 Å². The molecular formula is C12H16N2O5. The van der Waals surface area contributed by atoms with Gasteiger partial charge in [0.1, 0.15) is 5.75 Å². The van der Waals surface area contributed by atoms with E-state index in [9.17, 15) is 9.59 Å². The zero-order valence-electron chi connectivity index (χ0n) is 10.8. The summed E-state index contributed by atoms with van der Waals surface area (Å²) in [5.41, 5.74) is 2.95. The fourth-order valence-electron chi connectivity index (χ4n) is 1.31. The highest BCUT2D eigenvalue weighted by Gasteiger charge is 2.09. The van der Waals surface area contributed by atoms with Crippen LogP contribution < -0.4 is 10.2 Å². The van der Waals surface area contributed by atoms with Crippen molar-refractivity contribution in [1.29, 1.82) is 0 Å². The van der Waals surface area contributed by atoms with Crippen molar-refractivity contribution in [2.45, 2.75) is 6.54 Å². The first kappa shape index (κ1) is 14.8. The number of carbonyl (C=O) groups excluding carboxylic acids is 1. The average Bonchev–Trinajstić information content (AvgIpc) is 2.39. The van der Waals surface area contributed by atoms with E-state index in [1.165, 1.54) is 4.90 Å². The Bertz CT molecular complexity index is 432. The normalized spacial score (nSPS) is 9.79. The second kappa shape index (κ2) is 7.22. The van der Waals surface area contributed by atoms with Gasteiger partial charge in [-0.3, -0.25) is 4.84 Å². The number of methoxy groups -OCH3 is 1. The third-order valence-corrected chi connectivity index (χ3v) is 2.28. The summed E-state index contributed by atoms with van der Waals surface area (Å²) in [4.78, 5) is 27.6. The Labute approximate surface area is 110 Å². The molecular weight excluding hydrogens is 252 g/mol. The Hall–Kier alpha value is -2.28. The number of nitrogens with zero attached hydrogens (tertiary/aromatic N) is 1. The highest BCUT2D eigenvalue weighted by Crippen LogP contribution is 2.12. The van der Waals surface area contributed by atoms with E-state index in [2.05, 4.69) is 4.84 Å². The molecule has 0 heterocycles. The van der Waals surface area contributed by atoms with Crippen LogP contribution in [0.4, 0.5) is 4.79 Å². The number of carbonyl (C=O) groups is 2. The van der Waals surface area contributed by atoms with E-state index >= 15 is 0 Å². The molecule has 0 saturated carbocycles. The van der Waals surface area contributed by atoms with Crippen molar-refractivity contribution in [2.75, 3.05) is 20.8 Å². The molecule has 0 aliphatic rings. The van der Waals surface area contributed by atoms with Crippen LogP contribution in [0.2, 0.25) is 0 Å². The molecule has 1 aromatic carbocycles. The standard InChI is InChI=1S/C12H16N2O5/c1-14(12(17)13-19-8-11(15)16)7-9-3-5-10(18-2)6-4-9/h3-6H,7-8H2,1-2H3,(H,13,17)(H,15,16). The lowest BCUT2D eigenvalue weighted by Crippen LogP contribution is -2.37. The van der Waals surface area contributed by atoms with E-state index in [0.29, 0.717) is 6.54 Å². The fraction of sp³-hybridized carbons (Fsp3) is 0.333. The number of benzene rings is 1. The Kier molecular flexibility index (Phi) is 5.62. The summed E-state index contributed by atoms with van der Waals surface area (Å²) in [6.07, 6.45) is 0. The summed E-state index contributed by atoms with van der Waals surface area (Å²) in [5.74, 6) is -0.418. The van der Waals surface area contributed by atoms with Gasteiger partial charge in [0, 0.05) is 13.6 Å². The quantitative estimate of drug-likeness (QED) is 0.747. The van der Waals surface area contributed by atoms with Gasteiger partial charge in [0.15, 0.2) is 6.61 Å². The van der Waals surface area contributed by atoms with E-state index in [0.717, 1.165) is 11.3 Å². The van der Waals surface area contributed by atoms with E-state index in [4.69, 9.17) is 9.84 Å². The highest BCUT2D eigenvalue weighted by atomic mass is 16.7. The van der Waals surface area contributed by atoms with Crippen molar-refractivity contribution < 1.29 is 24.3 Å². The van der Waals surface area contributed by atoms with Gasteiger partial charge in [-0.15, -0.1) is 0 Å². The Morgan fingerprint density at radius 1 is 1.32 bits per heavy atom. The van der Waals surface area contributed by atoms with Gasteiger partial charge in [0.05, 0.1) is 7.11 Å². The minimum Gasteiger partial charge on any atom is -0.497 e.